The fraction of sp³-hybridized carbons (Fsp3) is 0.125. The van der Waals surface area contributed by atoms with Crippen LogP contribution in [0, 0.1) is 5.82 Å². The highest BCUT2D eigenvalue weighted by Gasteiger charge is 2.17. The van der Waals surface area contributed by atoms with Crippen molar-refractivity contribution in [3.63, 3.8) is 0 Å². The molecular formula is C24H20FN3O3S. The molecule has 1 amide bonds. The Kier molecular flexibility index (Phi) is 6.81. The Morgan fingerprint density at radius 1 is 1.03 bits per heavy atom. The van der Waals surface area contributed by atoms with Crippen LogP contribution in [0.2, 0.25) is 0 Å². The lowest BCUT2D eigenvalue weighted by molar-refractivity contribution is 0.102. The topological polar surface area (TPSA) is 77.2 Å². The van der Waals surface area contributed by atoms with Crippen LogP contribution >= 0.6 is 11.8 Å². The summed E-state index contributed by atoms with van der Waals surface area (Å²) < 4.78 is 24.9. The number of para-hydroxylation sites is 2. The van der Waals surface area contributed by atoms with Gasteiger partial charge in [-0.25, -0.2) is 4.39 Å². The summed E-state index contributed by atoms with van der Waals surface area (Å²) in [5.41, 5.74) is 2.32. The van der Waals surface area contributed by atoms with Gasteiger partial charge in [0, 0.05) is 17.0 Å². The van der Waals surface area contributed by atoms with Crippen molar-refractivity contribution in [2.45, 2.75) is 24.0 Å². The van der Waals surface area contributed by atoms with E-state index in [2.05, 4.69) is 15.5 Å². The lowest BCUT2D eigenvalue weighted by Crippen LogP contribution is -2.11. The standard InChI is InChI=1S/C24H20FN3O3S/c1-16(30-21-10-6-5-9-20(21)25)23-27-28-24(31-23)32-15-17-11-13-18(14-12-17)22(29)26-19-7-3-2-4-8-19/h2-14,16H,15H2,1H3,(H,26,29)/t16-/m0/s1. The maximum absolute atomic E-state index is 13.7. The van der Waals surface area contributed by atoms with Gasteiger partial charge < -0.3 is 14.5 Å². The molecule has 4 aromatic rings. The second-order valence-electron chi connectivity index (χ2n) is 6.90. The number of amides is 1. The van der Waals surface area contributed by atoms with Crippen LogP contribution in [-0.4, -0.2) is 16.1 Å². The molecule has 0 unspecified atom stereocenters. The van der Waals surface area contributed by atoms with Crippen molar-refractivity contribution in [3.8, 4) is 5.75 Å². The second-order valence-corrected chi connectivity index (χ2v) is 7.83. The molecule has 0 fully saturated rings. The number of hydrogen-bond donors (Lipinski definition) is 1. The van der Waals surface area contributed by atoms with Gasteiger partial charge >= 0.3 is 0 Å². The average Bonchev–Trinajstić information content (AvgIpc) is 3.29. The number of nitrogens with zero attached hydrogens (tertiary/aromatic N) is 2. The van der Waals surface area contributed by atoms with E-state index in [1.807, 2.05) is 42.5 Å². The molecule has 0 aliphatic carbocycles. The van der Waals surface area contributed by atoms with Crippen molar-refractivity contribution in [1.82, 2.24) is 10.2 Å². The molecule has 3 aromatic carbocycles. The quantitative estimate of drug-likeness (QED) is 0.338. The van der Waals surface area contributed by atoms with Gasteiger partial charge in [0.05, 0.1) is 0 Å². The molecular weight excluding hydrogens is 429 g/mol. The Morgan fingerprint density at radius 2 is 1.75 bits per heavy atom. The van der Waals surface area contributed by atoms with E-state index in [4.69, 9.17) is 9.15 Å². The van der Waals surface area contributed by atoms with Crippen LogP contribution in [0.15, 0.2) is 88.5 Å². The maximum atomic E-state index is 13.7. The van der Waals surface area contributed by atoms with Crippen LogP contribution in [0.5, 0.6) is 5.75 Å². The summed E-state index contributed by atoms with van der Waals surface area (Å²) in [6.07, 6.45) is -0.587. The molecule has 1 heterocycles. The molecule has 32 heavy (non-hydrogen) atoms. The van der Waals surface area contributed by atoms with Crippen molar-refractivity contribution in [1.29, 1.82) is 0 Å². The number of ether oxygens (including phenoxy) is 1. The summed E-state index contributed by atoms with van der Waals surface area (Å²) >= 11 is 1.37. The van der Waals surface area contributed by atoms with Crippen LogP contribution < -0.4 is 10.1 Å². The van der Waals surface area contributed by atoms with Gasteiger partial charge in [0.2, 0.25) is 0 Å². The van der Waals surface area contributed by atoms with E-state index in [1.54, 1.807) is 37.3 Å². The number of anilines is 1. The number of benzene rings is 3. The highest BCUT2D eigenvalue weighted by atomic mass is 32.2. The van der Waals surface area contributed by atoms with Crippen LogP contribution in [0.3, 0.4) is 0 Å². The van der Waals surface area contributed by atoms with Crippen molar-refractivity contribution in [2.24, 2.45) is 0 Å². The van der Waals surface area contributed by atoms with Crippen molar-refractivity contribution in [3.05, 3.63) is 102 Å². The third-order valence-electron chi connectivity index (χ3n) is 4.52. The van der Waals surface area contributed by atoms with Gasteiger partial charge in [-0.15, -0.1) is 10.2 Å². The first-order chi connectivity index (χ1) is 15.6. The first kappa shape index (κ1) is 21.6. The van der Waals surface area contributed by atoms with E-state index in [1.165, 1.54) is 17.8 Å². The number of hydrogen-bond acceptors (Lipinski definition) is 6. The van der Waals surface area contributed by atoms with E-state index in [0.29, 0.717) is 16.5 Å². The van der Waals surface area contributed by atoms with Gasteiger partial charge in [0.15, 0.2) is 17.7 Å². The van der Waals surface area contributed by atoms with E-state index >= 15 is 0 Å². The highest BCUT2D eigenvalue weighted by Crippen LogP contribution is 2.27. The normalized spacial score (nSPS) is 11.7. The average molecular weight is 450 g/mol. The van der Waals surface area contributed by atoms with Crippen LogP contribution in [-0.2, 0) is 5.75 Å². The molecule has 1 atom stereocenters. The summed E-state index contributed by atoms with van der Waals surface area (Å²) in [5, 5.41) is 11.3. The lowest BCUT2D eigenvalue weighted by atomic mass is 10.1. The Labute approximate surface area is 188 Å². The first-order valence-electron chi connectivity index (χ1n) is 9.91. The van der Waals surface area contributed by atoms with Crippen molar-refractivity contribution >= 4 is 23.4 Å². The Hall–Kier alpha value is -3.65. The zero-order chi connectivity index (χ0) is 22.3. The molecule has 8 heteroatoms. The van der Waals surface area contributed by atoms with Crippen molar-refractivity contribution in [2.75, 3.05) is 5.32 Å². The minimum absolute atomic E-state index is 0.129. The number of nitrogens with one attached hydrogen (secondary N) is 1. The predicted octanol–water partition coefficient (Wildman–Crippen LogP) is 5.89. The summed E-state index contributed by atoms with van der Waals surface area (Å²) in [4.78, 5) is 12.3. The number of halogens is 1. The third-order valence-corrected chi connectivity index (χ3v) is 5.41. The predicted molar refractivity (Wildman–Crippen MR) is 120 cm³/mol. The fourth-order valence-electron chi connectivity index (χ4n) is 2.85. The third kappa shape index (κ3) is 5.53. The Bertz CT molecular complexity index is 1180. The van der Waals surface area contributed by atoms with Gasteiger partial charge in [0.1, 0.15) is 0 Å². The van der Waals surface area contributed by atoms with E-state index in [-0.39, 0.29) is 17.5 Å². The molecule has 1 N–H and O–H groups in total. The monoisotopic (exact) mass is 449 g/mol. The van der Waals surface area contributed by atoms with E-state index in [9.17, 15) is 9.18 Å². The molecule has 1 aromatic heterocycles. The van der Waals surface area contributed by atoms with Crippen LogP contribution in [0.25, 0.3) is 0 Å². The minimum Gasteiger partial charge on any atom is -0.478 e. The second kappa shape index (κ2) is 10.1. The molecule has 4 rings (SSSR count). The Balaban J connectivity index is 1.31. The molecule has 0 radical (unpaired) electrons. The van der Waals surface area contributed by atoms with E-state index < -0.39 is 11.9 Å². The van der Waals surface area contributed by atoms with Crippen LogP contribution in [0.1, 0.15) is 34.8 Å². The van der Waals surface area contributed by atoms with Gasteiger partial charge in [-0.3, -0.25) is 4.79 Å². The van der Waals surface area contributed by atoms with Gasteiger partial charge in [0.25, 0.3) is 17.0 Å². The highest BCUT2D eigenvalue weighted by molar-refractivity contribution is 7.98. The summed E-state index contributed by atoms with van der Waals surface area (Å²) in [6, 6.07) is 22.8. The summed E-state index contributed by atoms with van der Waals surface area (Å²) in [6.45, 7) is 1.72. The summed E-state index contributed by atoms with van der Waals surface area (Å²) in [5.74, 6) is 0.368. The Morgan fingerprint density at radius 3 is 2.50 bits per heavy atom. The number of rotatable bonds is 8. The SMILES string of the molecule is C[C@H](Oc1ccccc1F)c1nnc(SCc2ccc(C(=O)Nc3ccccc3)cc2)o1. The lowest BCUT2D eigenvalue weighted by Gasteiger charge is -2.11. The molecule has 0 saturated carbocycles. The van der Waals surface area contributed by atoms with Gasteiger partial charge in [-0.05, 0) is 48.9 Å². The largest absolute Gasteiger partial charge is 0.478 e. The van der Waals surface area contributed by atoms with Gasteiger partial charge in [-0.2, -0.15) is 0 Å². The van der Waals surface area contributed by atoms with Gasteiger partial charge in [-0.1, -0.05) is 54.2 Å². The maximum Gasteiger partial charge on any atom is 0.277 e. The summed E-state index contributed by atoms with van der Waals surface area (Å²) in [7, 11) is 0. The van der Waals surface area contributed by atoms with E-state index in [0.717, 1.165) is 11.3 Å². The number of carbonyl (C=O) groups excluding carboxylic acids is 1. The number of aromatic nitrogens is 2. The fourth-order valence-corrected chi connectivity index (χ4v) is 3.57. The first-order valence-corrected chi connectivity index (χ1v) is 10.9. The minimum atomic E-state index is -0.587. The molecule has 6 nitrogen and oxygen atoms in total. The van der Waals surface area contributed by atoms with Crippen LogP contribution in [0.4, 0.5) is 10.1 Å². The van der Waals surface area contributed by atoms with Crippen molar-refractivity contribution < 1.29 is 18.3 Å². The number of carbonyl (C=O) groups is 1. The smallest absolute Gasteiger partial charge is 0.277 e. The molecule has 0 saturated heterocycles. The molecule has 0 bridgehead atoms. The number of thioether (sulfide) groups is 1. The zero-order valence-electron chi connectivity index (χ0n) is 17.2. The molecule has 0 aliphatic heterocycles. The zero-order valence-corrected chi connectivity index (χ0v) is 18.0. The molecule has 0 aliphatic rings. The molecule has 0 spiro atoms. The molecule has 162 valence electrons.